The van der Waals surface area contributed by atoms with Crippen molar-refractivity contribution >= 4 is 6.45 Å². The number of carbonyl (C=O) groups excluding carboxylic acids is 1. The molecule has 0 bridgehead atoms. The lowest BCUT2D eigenvalue weighted by Crippen LogP contribution is -2.59. The Morgan fingerprint density at radius 2 is 1.94 bits per heavy atom. The van der Waals surface area contributed by atoms with Crippen LogP contribution in [0.4, 0.5) is 0 Å². The summed E-state index contributed by atoms with van der Waals surface area (Å²) in [6.45, 7) is -0.489. The second-order valence-corrected chi connectivity index (χ2v) is 3.85. The molecule has 8 heteroatoms. The van der Waals surface area contributed by atoms with E-state index in [2.05, 4.69) is 4.74 Å². The first-order chi connectivity index (χ1) is 8.97. The first-order valence-corrected chi connectivity index (χ1v) is 5.53. The van der Waals surface area contributed by atoms with E-state index in [0.717, 1.165) is 0 Å². The maximum absolute atomic E-state index is 10.2. The highest BCUT2D eigenvalue weighted by atomic mass is 16.7. The maximum atomic E-state index is 10.2. The van der Waals surface area contributed by atoms with Gasteiger partial charge in [0.25, 0.3) is 6.45 Å². The fourth-order valence-corrected chi connectivity index (χ4v) is 1.58. The minimum Gasteiger partial charge on any atom is -0.468 e. The van der Waals surface area contributed by atoms with Gasteiger partial charge in [0, 0.05) is 6.42 Å². The molecule has 1 aliphatic heterocycles. The van der Waals surface area contributed by atoms with Gasteiger partial charge in [-0.15, -0.1) is 0 Å². The van der Waals surface area contributed by atoms with Crippen LogP contribution in [0.5, 0.6) is 0 Å². The standard InChI is InChI=1S/C10H18O8/c11-4-6-7(13)8(14)9(15)10(18-6)17-3-1-2-16-5-12/h5-11,13-15H,1-4H2/t6-,7-,8+,9-,10+/m1/s1/i5D. The smallest absolute Gasteiger partial charge is 0.293 e. The van der Waals surface area contributed by atoms with Gasteiger partial charge in [0.05, 0.1) is 19.8 Å². The van der Waals surface area contributed by atoms with Crippen molar-refractivity contribution in [3.8, 4) is 0 Å². The van der Waals surface area contributed by atoms with E-state index >= 15 is 0 Å². The lowest BCUT2D eigenvalue weighted by atomic mass is 9.99. The molecule has 1 heterocycles. The molecule has 0 aliphatic carbocycles. The predicted molar refractivity (Wildman–Crippen MR) is 56.4 cm³/mol. The van der Waals surface area contributed by atoms with Crippen molar-refractivity contribution in [3.63, 3.8) is 0 Å². The van der Waals surface area contributed by atoms with Gasteiger partial charge in [0.2, 0.25) is 0 Å². The highest BCUT2D eigenvalue weighted by Crippen LogP contribution is 2.21. The van der Waals surface area contributed by atoms with Crippen LogP contribution in [-0.2, 0) is 19.0 Å². The van der Waals surface area contributed by atoms with Crippen LogP contribution in [0.2, 0.25) is 0 Å². The molecule has 0 aromatic heterocycles. The van der Waals surface area contributed by atoms with Crippen molar-refractivity contribution in [2.75, 3.05) is 19.8 Å². The monoisotopic (exact) mass is 267 g/mol. The van der Waals surface area contributed by atoms with E-state index in [-0.39, 0.29) is 19.6 Å². The zero-order valence-electron chi connectivity index (χ0n) is 10.6. The van der Waals surface area contributed by atoms with Gasteiger partial charge in [-0.05, 0) is 0 Å². The van der Waals surface area contributed by atoms with Gasteiger partial charge in [0.1, 0.15) is 24.4 Å². The second-order valence-electron chi connectivity index (χ2n) is 3.85. The quantitative estimate of drug-likeness (QED) is 0.304. The van der Waals surface area contributed by atoms with Crippen molar-refractivity contribution in [1.82, 2.24) is 0 Å². The first kappa shape index (κ1) is 13.7. The average molecular weight is 267 g/mol. The summed E-state index contributed by atoms with van der Waals surface area (Å²) in [4.78, 5) is 10.2. The number of carbonyl (C=O) groups is 1. The average Bonchev–Trinajstić information content (AvgIpc) is 2.37. The zero-order chi connectivity index (χ0) is 14.4. The van der Waals surface area contributed by atoms with Crippen LogP contribution in [0.3, 0.4) is 0 Å². The van der Waals surface area contributed by atoms with E-state index in [1.54, 1.807) is 0 Å². The van der Waals surface area contributed by atoms with E-state index in [1.165, 1.54) is 0 Å². The fourth-order valence-electron chi connectivity index (χ4n) is 1.58. The molecular weight excluding hydrogens is 248 g/mol. The van der Waals surface area contributed by atoms with Crippen LogP contribution in [-0.4, -0.2) is 77.4 Å². The van der Waals surface area contributed by atoms with Crippen molar-refractivity contribution in [1.29, 1.82) is 0 Å². The van der Waals surface area contributed by atoms with Gasteiger partial charge in [-0.25, -0.2) is 0 Å². The maximum Gasteiger partial charge on any atom is 0.293 e. The molecule has 0 aromatic carbocycles. The van der Waals surface area contributed by atoms with E-state index in [1.807, 2.05) is 0 Å². The molecule has 0 saturated carbocycles. The highest BCUT2D eigenvalue weighted by molar-refractivity contribution is 5.36. The van der Waals surface area contributed by atoms with Gasteiger partial charge < -0.3 is 34.6 Å². The minimum absolute atomic E-state index is 0.0141. The zero-order valence-corrected chi connectivity index (χ0v) is 9.64. The number of aliphatic hydroxyl groups excluding tert-OH is 4. The summed E-state index contributed by atoms with van der Waals surface area (Å²) in [5.41, 5.74) is 0. The summed E-state index contributed by atoms with van der Waals surface area (Å²) in [6.07, 6.45) is -7.44. The van der Waals surface area contributed by atoms with E-state index in [4.69, 9.17) is 16.0 Å². The Labute approximate surface area is 105 Å². The molecule has 0 radical (unpaired) electrons. The van der Waals surface area contributed by atoms with Gasteiger partial charge in [0.15, 0.2) is 7.66 Å². The number of hydrogen-bond acceptors (Lipinski definition) is 8. The van der Waals surface area contributed by atoms with E-state index in [0.29, 0.717) is 0 Å². The Hall–Kier alpha value is -0.770. The van der Waals surface area contributed by atoms with Crippen molar-refractivity contribution < 1.29 is 40.8 Å². The summed E-state index contributed by atoms with van der Waals surface area (Å²) in [7, 11) is 0. The third kappa shape index (κ3) is 3.87. The summed E-state index contributed by atoms with van der Waals surface area (Å²) in [5.74, 6) is 0. The van der Waals surface area contributed by atoms with Crippen LogP contribution < -0.4 is 0 Å². The molecule has 0 unspecified atom stereocenters. The van der Waals surface area contributed by atoms with Gasteiger partial charge in [-0.2, -0.15) is 0 Å². The molecule has 0 aromatic rings. The number of rotatable bonds is 6. The largest absolute Gasteiger partial charge is 0.468 e. The van der Waals surface area contributed by atoms with Crippen LogP contribution in [0, 0.1) is 0 Å². The Bertz CT molecular complexity index is 287. The van der Waals surface area contributed by atoms with Gasteiger partial charge in [-0.1, -0.05) is 0 Å². The van der Waals surface area contributed by atoms with E-state index in [9.17, 15) is 20.1 Å². The van der Waals surface area contributed by atoms with Crippen LogP contribution in [0.15, 0.2) is 0 Å². The Balaban J connectivity index is 2.33. The van der Waals surface area contributed by atoms with Crippen LogP contribution >= 0.6 is 0 Å². The lowest BCUT2D eigenvalue weighted by molar-refractivity contribution is -0.301. The molecule has 1 rings (SSSR count). The molecule has 5 atom stereocenters. The molecule has 0 spiro atoms. The SMILES string of the molecule is [2H]C(=O)OCCCO[C@H]1O[C@H](CO)[C@@H](O)[C@H](O)[C@H]1O. The molecule has 18 heavy (non-hydrogen) atoms. The lowest BCUT2D eigenvalue weighted by Gasteiger charge is -2.39. The fraction of sp³-hybridized carbons (Fsp3) is 0.900. The first-order valence-electron chi connectivity index (χ1n) is 6.03. The number of ether oxygens (including phenoxy) is 3. The Morgan fingerprint density at radius 1 is 1.22 bits per heavy atom. The molecule has 1 saturated heterocycles. The second kappa shape index (κ2) is 7.62. The molecule has 106 valence electrons. The molecule has 1 aliphatic rings. The summed E-state index contributed by atoms with van der Waals surface area (Å²) in [6, 6.07) is 0. The molecular formula is C10H18O8. The predicted octanol–water partition coefficient (Wildman–Crippen LogP) is -2.63. The van der Waals surface area contributed by atoms with Crippen LogP contribution in [0.25, 0.3) is 0 Å². The van der Waals surface area contributed by atoms with E-state index < -0.39 is 43.8 Å². The molecule has 0 amide bonds. The number of hydrogen-bond donors (Lipinski definition) is 4. The van der Waals surface area contributed by atoms with Crippen molar-refractivity contribution in [2.24, 2.45) is 0 Å². The topological polar surface area (TPSA) is 126 Å². The Kier molecular flexibility index (Phi) is 5.78. The normalized spacial score (nSPS) is 37.1. The molecule has 1 fully saturated rings. The van der Waals surface area contributed by atoms with Crippen LogP contribution in [0.1, 0.15) is 7.79 Å². The number of aliphatic hydroxyl groups is 4. The summed E-state index contributed by atoms with van der Waals surface area (Å²) >= 11 is 0. The van der Waals surface area contributed by atoms with Crippen molar-refractivity contribution in [2.45, 2.75) is 37.1 Å². The van der Waals surface area contributed by atoms with Gasteiger partial charge >= 0.3 is 0 Å². The summed E-state index contributed by atoms with van der Waals surface area (Å²) < 4.78 is 21.0. The third-order valence-electron chi connectivity index (χ3n) is 2.58. The molecule has 4 N–H and O–H groups in total. The molecule has 8 nitrogen and oxygen atoms in total. The Morgan fingerprint density at radius 3 is 2.56 bits per heavy atom. The van der Waals surface area contributed by atoms with Gasteiger partial charge in [-0.3, -0.25) is 4.79 Å². The minimum atomic E-state index is -1.48. The van der Waals surface area contributed by atoms with Crippen molar-refractivity contribution in [3.05, 3.63) is 0 Å². The highest BCUT2D eigenvalue weighted by Gasteiger charge is 2.43. The third-order valence-corrected chi connectivity index (χ3v) is 2.58. The summed E-state index contributed by atoms with van der Waals surface area (Å²) in [5, 5.41) is 37.5.